The molecule has 1 fully saturated rings. The predicted molar refractivity (Wildman–Crippen MR) is 77.2 cm³/mol. The highest BCUT2D eigenvalue weighted by Gasteiger charge is 2.41. The van der Waals surface area contributed by atoms with E-state index in [1.165, 1.54) is 0 Å². The molecule has 4 unspecified atom stereocenters. The molecule has 3 N–H and O–H groups in total. The van der Waals surface area contributed by atoms with E-state index in [2.05, 4.69) is 5.32 Å². The van der Waals surface area contributed by atoms with Gasteiger partial charge < -0.3 is 15.8 Å². The summed E-state index contributed by atoms with van der Waals surface area (Å²) in [5.41, 5.74) is 6.79. The standard InChI is InChI=1S/C14H19ClN2O2/c1-7-8(2)19-9(3)13(7)14(18)17-10-4-5-12(16)11(15)6-10/h4-9,13H,16H2,1-3H3,(H,17,18). The first kappa shape index (κ1) is 14.2. The van der Waals surface area contributed by atoms with Crippen LogP contribution in [-0.4, -0.2) is 18.1 Å². The molecule has 104 valence electrons. The van der Waals surface area contributed by atoms with Crippen LogP contribution in [0.5, 0.6) is 0 Å². The van der Waals surface area contributed by atoms with Gasteiger partial charge in [-0.05, 0) is 38.0 Å². The Balaban J connectivity index is 2.10. The number of hydrogen-bond donors (Lipinski definition) is 2. The van der Waals surface area contributed by atoms with E-state index in [0.29, 0.717) is 16.4 Å². The van der Waals surface area contributed by atoms with Gasteiger partial charge >= 0.3 is 0 Å². The van der Waals surface area contributed by atoms with Gasteiger partial charge in [-0.1, -0.05) is 18.5 Å². The van der Waals surface area contributed by atoms with Crippen LogP contribution in [0.1, 0.15) is 20.8 Å². The summed E-state index contributed by atoms with van der Waals surface area (Å²) in [7, 11) is 0. The summed E-state index contributed by atoms with van der Waals surface area (Å²) >= 11 is 5.94. The first-order chi connectivity index (χ1) is 8.90. The number of amides is 1. The van der Waals surface area contributed by atoms with Gasteiger partial charge in [-0.15, -0.1) is 0 Å². The molecule has 0 bridgehead atoms. The second kappa shape index (κ2) is 5.39. The highest BCUT2D eigenvalue weighted by molar-refractivity contribution is 6.33. The van der Waals surface area contributed by atoms with Gasteiger partial charge in [0.2, 0.25) is 5.91 Å². The first-order valence-corrected chi connectivity index (χ1v) is 6.79. The number of nitrogens with two attached hydrogens (primary N) is 1. The number of rotatable bonds is 2. The molecule has 4 nitrogen and oxygen atoms in total. The van der Waals surface area contributed by atoms with Crippen LogP contribution in [0.25, 0.3) is 0 Å². The van der Waals surface area contributed by atoms with Crippen molar-refractivity contribution >= 4 is 28.9 Å². The van der Waals surface area contributed by atoms with Crippen LogP contribution in [0, 0.1) is 11.8 Å². The van der Waals surface area contributed by atoms with Crippen LogP contribution in [0.4, 0.5) is 11.4 Å². The molecule has 1 aromatic carbocycles. The van der Waals surface area contributed by atoms with Crippen LogP contribution in [0.3, 0.4) is 0 Å². The third kappa shape index (κ3) is 2.85. The average molecular weight is 283 g/mol. The number of nitrogen functional groups attached to an aromatic ring is 1. The number of hydrogen-bond acceptors (Lipinski definition) is 3. The van der Waals surface area contributed by atoms with Crippen molar-refractivity contribution in [3.8, 4) is 0 Å². The summed E-state index contributed by atoms with van der Waals surface area (Å²) in [6, 6.07) is 5.08. The summed E-state index contributed by atoms with van der Waals surface area (Å²) in [4.78, 5) is 12.3. The summed E-state index contributed by atoms with van der Waals surface area (Å²) < 4.78 is 5.68. The van der Waals surface area contributed by atoms with Gasteiger partial charge in [0.15, 0.2) is 0 Å². The van der Waals surface area contributed by atoms with E-state index in [0.717, 1.165) is 0 Å². The molecular formula is C14H19ClN2O2. The van der Waals surface area contributed by atoms with Crippen LogP contribution in [-0.2, 0) is 9.53 Å². The minimum absolute atomic E-state index is 0.0369. The molecule has 1 aliphatic rings. The van der Waals surface area contributed by atoms with Crippen molar-refractivity contribution in [1.29, 1.82) is 0 Å². The number of nitrogens with one attached hydrogen (secondary N) is 1. The fourth-order valence-electron chi connectivity index (χ4n) is 2.55. The van der Waals surface area contributed by atoms with E-state index < -0.39 is 0 Å². The summed E-state index contributed by atoms with van der Waals surface area (Å²) in [6.45, 7) is 5.96. The predicted octanol–water partition coefficient (Wildman–Crippen LogP) is 2.92. The molecular weight excluding hydrogens is 264 g/mol. The zero-order chi connectivity index (χ0) is 14.2. The number of carbonyl (C=O) groups excluding carboxylic acids is 1. The van der Waals surface area contributed by atoms with Crippen molar-refractivity contribution in [2.45, 2.75) is 33.0 Å². The van der Waals surface area contributed by atoms with Crippen molar-refractivity contribution in [2.24, 2.45) is 11.8 Å². The van der Waals surface area contributed by atoms with Gasteiger partial charge in [0, 0.05) is 5.69 Å². The maximum Gasteiger partial charge on any atom is 0.230 e. The molecule has 1 aliphatic heterocycles. The van der Waals surface area contributed by atoms with E-state index in [9.17, 15) is 4.79 Å². The molecule has 0 radical (unpaired) electrons. The molecule has 5 heteroatoms. The molecule has 2 rings (SSSR count). The Morgan fingerprint density at radius 1 is 1.32 bits per heavy atom. The lowest BCUT2D eigenvalue weighted by atomic mass is 9.89. The molecule has 1 saturated heterocycles. The van der Waals surface area contributed by atoms with Gasteiger partial charge in [-0.3, -0.25) is 4.79 Å². The van der Waals surface area contributed by atoms with Crippen LogP contribution >= 0.6 is 11.6 Å². The lowest BCUT2D eigenvalue weighted by Gasteiger charge is -2.18. The van der Waals surface area contributed by atoms with Crippen molar-refractivity contribution in [1.82, 2.24) is 0 Å². The van der Waals surface area contributed by atoms with E-state index in [4.69, 9.17) is 22.1 Å². The fraction of sp³-hybridized carbons (Fsp3) is 0.500. The topological polar surface area (TPSA) is 64.3 Å². The molecule has 4 atom stereocenters. The minimum atomic E-state index is -0.147. The molecule has 19 heavy (non-hydrogen) atoms. The summed E-state index contributed by atoms with van der Waals surface area (Å²) in [5.74, 6) is 0.00997. The molecule has 0 saturated carbocycles. The van der Waals surface area contributed by atoms with Crippen molar-refractivity contribution in [2.75, 3.05) is 11.1 Å². The highest BCUT2D eigenvalue weighted by atomic mass is 35.5. The Kier molecular flexibility index (Phi) is 4.02. The third-order valence-electron chi connectivity index (χ3n) is 3.81. The van der Waals surface area contributed by atoms with Crippen LogP contribution in [0.2, 0.25) is 5.02 Å². The van der Waals surface area contributed by atoms with Crippen molar-refractivity contribution in [3.05, 3.63) is 23.2 Å². The molecule has 0 spiro atoms. The number of benzene rings is 1. The van der Waals surface area contributed by atoms with Crippen molar-refractivity contribution < 1.29 is 9.53 Å². The molecule has 0 aromatic heterocycles. The second-order valence-electron chi connectivity index (χ2n) is 5.16. The molecule has 1 heterocycles. The molecule has 1 amide bonds. The van der Waals surface area contributed by atoms with Crippen LogP contribution < -0.4 is 11.1 Å². The average Bonchev–Trinajstić information content (AvgIpc) is 2.58. The van der Waals surface area contributed by atoms with E-state index in [1.54, 1.807) is 18.2 Å². The maximum atomic E-state index is 12.3. The van der Waals surface area contributed by atoms with E-state index >= 15 is 0 Å². The van der Waals surface area contributed by atoms with Gasteiger partial charge in [-0.2, -0.15) is 0 Å². The highest BCUT2D eigenvalue weighted by Crippen LogP contribution is 2.33. The lowest BCUT2D eigenvalue weighted by Crippen LogP contribution is -2.31. The summed E-state index contributed by atoms with van der Waals surface area (Å²) in [6.07, 6.45) is 0.0232. The summed E-state index contributed by atoms with van der Waals surface area (Å²) in [5, 5.41) is 3.31. The van der Waals surface area contributed by atoms with Gasteiger partial charge in [0.05, 0.1) is 28.8 Å². The monoisotopic (exact) mass is 282 g/mol. The second-order valence-corrected chi connectivity index (χ2v) is 5.56. The zero-order valence-corrected chi connectivity index (χ0v) is 12.1. The lowest BCUT2D eigenvalue weighted by molar-refractivity contribution is -0.121. The maximum absolute atomic E-state index is 12.3. The molecule has 0 aliphatic carbocycles. The van der Waals surface area contributed by atoms with Gasteiger partial charge in [-0.25, -0.2) is 0 Å². The first-order valence-electron chi connectivity index (χ1n) is 6.41. The number of anilines is 2. The largest absolute Gasteiger partial charge is 0.398 e. The zero-order valence-electron chi connectivity index (χ0n) is 11.3. The molecule has 1 aromatic rings. The number of ether oxygens (including phenoxy) is 1. The van der Waals surface area contributed by atoms with E-state index in [1.807, 2.05) is 20.8 Å². The fourth-order valence-corrected chi connectivity index (χ4v) is 2.73. The van der Waals surface area contributed by atoms with Crippen LogP contribution in [0.15, 0.2) is 18.2 Å². The third-order valence-corrected chi connectivity index (χ3v) is 4.14. The SMILES string of the molecule is CC1OC(C)C(C(=O)Nc2ccc(N)c(Cl)c2)C1C. The Labute approximate surface area is 118 Å². The van der Waals surface area contributed by atoms with Gasteiger partial charge in [0.1, 0.15) is 0 Å². The van der Waals surface area contributed by atoms with Crippen molar-refractivity contribution in [3.63, 3.8) is 0 Å². The van der Waals surface area contributed by atoms with Gasteiger partial charge in [0.25, 0.3) is 0 Å². The smallest absolute Gasteiger partial charge is 0.230 e. The quantitative estimate of drug-likeness (QED) is 0.820. The Morgan fingerprint density at radius 2 is 2.00 bits per heavy atom. The number of carbonyl (C=O) groups is 1. The number of halogens is 1. The Hall–Kier alpha value is -1.26. The minimum Gasteiger partial charge on any atom is -0.398 e. The Morgan fingerprint density at radius 3 is 2.53 bits per heavy atom. The van der Waals surface area contributed by atoms with E-state index in [-0.39, 0.29) is 30.0 Å². The Bertz CT molecular complexity index is 492. The normalized spacial score (nSPS) is 30.3.